The predicted molar refractivity (Wildman–Crippen MR) is 98.0 cm³/mol. The van der Waals surface area contributed by atoms with E-state index < -0.39 is 7.82 Å². The number of alkyl halides is 1. The second-order valence-electron chi connectivity index (χ2n) is 6.32. The Morgan fingerprint density at radius 2 is 0.913 bits per heavy atom. The fraction of sp³-hybridized carbons (Fsp3) is 1.00. The third kappa shape index (κ3) is 22.4. The van der Waals surface area contributed by atoms with Crippen molar-refractivity contribution in [2.24, 2.45) is 0 Å². The molecular formula is C17H36ClO4P. The lowest BCUT2D eigenvalue weighted by Crippen LogP contribution is -1.92. The van der Waals surface area contributed by atoms with E-state index in [9.17, 15) is 4.57 Å². The fourth-order valence-corrected chi connectivity index (χ4v) is 3.23. The zero-order valence-electron chi connectivity index (χ0n) is 14.6. The summed E-state index contributed by atoms with van der Waals surface area (Å²) in [6.45, 7) is 0.163. The lowest BCUT2D eigenvalue weighted by Gasteiger charge is -2.05. The Kier molecular flexibility index (Phi) is 17.5. The van der Waals surface area contributed by atoms with Gasteiger partial charge in [-0.15, -0.1) is 11.6 Å². The molecule has 0 aliphatic carbocycles. The van der Waals surface area contributed by atoms with Crippen molar-refractivity contribution < 1.29 is 18.9 Å². The summed E-state index contributed by atoms with van der Waals surface area (Å²) < 4.78 is 14.9. The van der Waals surface area contributed by atoms with E-state index in [1.54, 1.807) is 0 Å². The van der Waals surface area contributed by atoms with E-state index in [1.807, 2.05) is 0 Å². The molecule has 0 spiro atoms. The Morgan fingerprint density at radius 1 is 0.609 bits per heavy atom. The van der Waals surface area contributed by atoms with Crippen LogP contribution in [0, 0.1) is 0 Å². The van der Waals surface area contributed by atoms with Gasteiger partial charge in [0, 0.05) is 5.88 Å². The molecule has 0 saturated heterocycles. The van der Waals surface area contributed by atoms with Gasteiger partial charge in [0.25, 0.3) is 0 Å². The van der Waals surface area contributed by atoms with Gasteiger partial charge in [0.05, 0.1) is 6.61 Å². The van der Waals surface area contributed by atoms with Crippen LogP contribution in [0.2, 0.25) is 0 Å². The number of phosphoric acid groups is 1. The summed E-state index contributed by atoms with van der Waals surface area (Å²) in [5, 5.41) is 0. The minimum absolute atomic E-state index is 0.163. The molecule has 140 valence electrons. The highest BCUT2D eigenvalue weighted by Crippen LogP contribution is 2.35. The molecule has 0 aromatic rings. The van der Waals surface area contributed by atoms with Crippen LogP contribution in [0.25, 0.3) is 0 Å². The third-order valence-corrected chi connectivity index (χ3v) is 4.82. The van der Waals surface area contributed by atoms with Crippen LogP contribution in [0.15, 0.2) is 0 Å². The Balaban J connectivity index is 3.01. The van der Waals surface area contributed by atoms with Gasteiger partial charge in [0.15, 0.2) is 0 Å². The van der Waals surface area contributed by atoms with E-state index in [2.05, 4.69) is 4.52 Å². The molecule has 4 nitrogen and oxygen atoms in total. The average molecular weight is 371 g/mol. The molecule has 2 N–H and O–H groups in total. The van der Waals surface area contributed by atoms with Gasteiger partial charge in [-0.1, -0.05) is 83.5 Å². The van der Waals surface area contributed by atoms with Gasteiger partial charge in [-0.3, -0.25) is 4.52 Å². The zero-order chi connectivity index (χ0) is 17.2. The Hall–Kier alpha value is 0.400. The molecule has 6 heteroatoms. The third-order valence-electron chi connectivity index (χ3n) is 4.04. The SMILES string of the molecule is O=P(O)(O)OCCCCCCCCCCCCCCCCCCl. The number of rotatable bonds is 18. The van der Waals surface area contributed by atoms with Crippen LogP contribution in [0.4, 0.5) is 0 Å². The van der Waals surface area contributed by atoms with Crippen LogP contribution in [0.1, 0.15) is 96.3 Å². The maximum absolute atomic E-state index is 10.5. The molecule has 0 atom stereocenters. The van der Waals surface area contributed by atoms with Gasteiger partial charge < -0.3 is 9.79 Å². The van der Waals surface area contributed by atoms with E-state index in [0.29, 0.717) is 0 Å². The summed E-state index contributed by atoms with van der Waals surface area (Å²) in [5.74, 6) is 0.807. The van der Waals surface area contributed by atoms with Crippen molar-refractivity contribution in [1.29, 1.82) is 0 Å². The highest BCUT2D eigenvalue weighted by Gasteiger charge is 2.12. The van der Waals surface area contributed by atoms with E-state index >= 15 is 0 Å². The van der Waals surface area contributed by atoms with Crippen molar-refractivity contribution in [1.82, 2.24) is 0 Å². The van der Waals surface area contributed by atoms with Crippen LogP contribution >= 0.6 is 19.4 Å². The topological polar surface area (TPSA) is 66.8 Å². The number of unbranched alkanes of at least 4 members (excludes halogenated alkanes) is 14. The number of hydrogen-bond acceptors (Lipinski definition) is 2. The summed E-state index contributed by atoms with van der Waals surface area (Å²) in [7, 11) is -4.26. The molecule has 0 aromatic heterocycles. The lowest BCUT2D eigenvalue weighted by molar-refractivity contribution is 0.193. The normalized spacial score (nSPS) is 12.0. The maximum Gasteiger partial charge on any atom is 0.469 e. The van der Waals surface area contributed by atoms with Crippen molar-refractivity contribution in [2.75, 3.05) is 12.5 Å². The molecule has 0 saturated carbocycles. The summed E-state index contributed by atoms with van der Waals surface area (Å²) in [5.41, 5.74) is 0. The first-order valence-corrected chi connectivity index (χ1v) is 11.4. The lowest BCUT2D eigenvalue weighted by atomic mass is 10.0. The highest BCUT2D eigenvalue weighted by molar-refractivity contribution is 7.46. The monoisotopic (exact) mass is 370 g/mol. The van der Waals surface area contributed by atoms with Crippen LogP contribution in [-0.4, -0.2) is 22.3 Å². The van der Waals surface area contributed by atoms with Gasteiger partial charge in [-0.2, -0.15) is 0 Å². The molecule has 0 aromatic carbocycles. The average Bonchev–Trinajstić information content (AvgIpc) is 2.49. The van der Waals surface area contributed by atoms with Gasteiger partial charge in [-0.05, 0) is 12.8 Å². The first-order valence-electron chi connectivity index (χ1n) is 9.32. The molecule has 0 fully saturated rings. The molecule has 0 heterocycles. The van der Waals surface area contributed by atoms with Crippen molar-refractivity contribution >= 4 is 19.4 Å². The Morgan fingerprint density at radius 3 is 1.22 bits per heavy atom. The molecule has 23 heavy (non-hydrogen) atoms. The zero-order valence-corrected chi connectivity index (χ0v) is 16.2. The smallest absolute Gasteiger partial charge is 0.303 e. The summed E-state index contributed by atoms with van der Waals surface area (Å²) >= 11 is 5.65. The first kappa shape index (κ1) is 23.4. The fourth-order valence-electron chi connectivity index (χ4n) is 2.68. The molecule has 0 amide bonds. The van der Waals surface area contributed by atoms with Gasteiger partial charge in [-0.25, -0.2) is 4.57 Å². The number of phosphoric ester groups is 1. The number of halogens is 1. The van der Waals surface area contributed by atoms with E-state index in [4.69, 9.17) is 21.4 Å². The summed E-state index contributed by atoms with van der Waals surface area (Å²) in [6.07, 6.45) is 18.6. The Bertz CT molecular complexity index is 284. The molecule has 0 radical (unpaired) electrons. The minimum Gasteiger partial charge on any atom is -0.303 e. The van der Waals surface area contributed by atoms with Gasteiger partial charge in [0.2, 0.25) is 0 Å². The largest absolute Gasteiger partial charge is 0.469 e. The predicted octanol–water partition coefficient (Wildman–Crippen LogP) is 6.19. The van der Waals surface area contributed by atoms with Crippen molar-refractivity contribution in [3.05, 3.63) is 0 Å². The van der Waals surface area contributed by atoms with E-state index in [0.717, 1.165) is 31.6 Å². The molecule has 0 aliphatic heterocycles. The van der Waals surface area contributed by atoms with Gasteiger partial charge in [0.1, 0.15) is 0 Å². The Labute approximate surface area is 147 Å². The van der Waals surface area contributed by atoms with Crippen molar-refractivity contribution in [3.8, 4) is 0 Å². The van der Waals surface area contributed by atoms with Crippen molar-refractivity contribution in [2.45, 2.75) is 96.3 Å². The van der Waals surface area contributed by atoms with E-state index in [1.165, 1.54) is 70.6 Å². The van der Waals surface area contributed by atoms with Gasteiger partial charge >= 0.3 is 7.82 Å². The van der Waals surface area contributed by atoms with Crippen LogP contribution < -0.4 is 0 Å². The van der Waals surface area contributed by atoms with Crippen molar-refractivity contribution in [3.63, 3.8) is 0 Å². The molecular weight excluding hydrogens is 335 g/mol. The van der Waals surface area contributed by atoms with E-state index in [-0.39, 0.29) is 6.61 Å². The van der Waals surface area contributed by atoms with Crippen LogP contribution in [0.5, 0.6) is 0 Å². The maximum atomic E-state index is 10.5. The quantitative estimate of drug-likeness (QED) is 0.171. The second-order valence-corrected chi connectivity index (χ2v) is 7.93. The molecule has 0 bridgehead atoms. The minimum atomic E-state index is -4.26. The van der Waals surface area contributed by atoms with Crippen LogP contribution in [0.3, 0.4) is 0 Å². The standard InChI is InChI=1S/C17H36ClO4P/c18-16-14-12-10-8-6-4-2-1-3-5-7-9-11-13-15-17-22-23(19,20)21/h1-17H2,(H2,19,20,21). The van der Waals surface area contributed by atoms with Crippen LogP contribution in [-0.2, 0) is 9.09 Å². The first-order chi connectivity index (χ1) is 11.1. The summed E-state index contributed by atoms with van der Waals surface area (Å²) in [4.78, 5) is 17.1. The summed E-state index contributed by atoms with van der Waals surface area (Å²) in [6, 6.07) is 0. The second kappa shape index (κ2) is 17.2. The molecule has 0 rings (SSSR count). The molecule has 0 unspecified atom stereocenters. The number of hydrogen-bond donors (Lipinski definition) is 2. The highest BCUT2D eigenvalue weighted by atomic mass is 35.5. The molecule has 0 aliphatic rings.